The Hall–Kier alpha value is -2.25. The minimum atomic E-state index is 0.470. The summed E-state index contributed by atoms with van der Waals surface area (Å²) in [6.07, 6.45) is 7.95. The minimum absolute atomic E-state index is 0.470. The van der Waals surface area contributed by atoms with Gasteiger partial charge in [-0.15, -0.1) is 0 Å². The zero-order valence-corrected chi connectivity index (χ0v) is 12.2. The normalized spacial score (nSPS) is 14.7. The van der Waals surface area contributed by atoms with Gasteiger partial charge in [0.1, 0.15) is 12.7 Å². The third-order valence-electron chi connectivity index (χ3n) is 3.55. The Morgan fingerprint density at radius 3 is 2.62 bits per heavy atom. The predicted octanol–water partition coefficient (Wildman–Crippen LogP) is 1.49. The van der Waals surface area contributed by atoms with Crippen LogP contribution in [0.5, 0.6) is 0 Å². The zero-order valence-electron chi connectivity index (χ0n) is 12.2. The summed E-state index contributed by atoms with van der Waals surface area (Å²) >= 11 is 0. The molecule has 0 aliphatic heterocycles. The second kappa shape index (κ2) is 6.47. The van der Waals surface area contributed by atoms with E-state index in [1.807, 2.05) is 0 Å². The highest BCUT2D eigenvalue weighted by atomic mass is 15.4. The topological polar surface area (TPSA) is 93.4 Å². The minimum Gasteiger partial charge on any atom is -0.354 e. The fourth-order valence-electron chi connectivity index (χ4n) is 2.11. The van der Waals surface area contributed by atoms with Gasteiger partial charge in [-0.3, -0.25) is 0 Å². The molecule has 0 bridgehead atoms. The summed E-state index contributed by atoms with van der Waals surface area (Å²) in [5.41, 5.74) is 0. The van der Waals surface area contributed by atoms with Crippen molar-refractivity contribution in [2.75, 3.05) is 23.7 Å². The first-order valence-corrected chi connectivity index (χ1v) is 7.44. The first-order valence-electron chi connectivity index (χ1n) is 7.44. The number of nitrogens with one attached hydrogen (secondary N) is 2. The average molecular weight is 288 g/mol. The summed E-state index contributed by atoms with van der Waals surface area (Å²) in [7, 11) is 0. The van der Waals surface area contributed by atoms with Crippen molar-refractivity contribution in [3.8, 4) is 5.95 Å². The fourth-order valence-corrected chi connectivity index (χ4v) is 2.11. The molecule has 2 aromatic rings. The van der Waals surface area contributed by atoms with Crippen LogP contribution in [0.1, 0.15) is 32.6 Å². The quantitative estimate of drug-likeness (QED) is 0.797. The van der Waals surface area contributed by atoms with Crippen LogP contribution in [0.25, 0.3) is 5.95 Å². The maximum Gasteiger partial charge on any atom is 0.258 e. The second-order valence-corrected chi connectivity index (χ2v) is 5.23. The number of anilines is 2. The zero-order chi connectivity index (χ0) is 14.5. The van der Waals surface area contributed by atoms with E-state index in [0.29, 0.717) is 17.8 Å². The SMILES string of the molecule is CCCNc1nc(NCC2CCC2)nc(-n2cncn2)n1. The number of rotatable bonds is 7. The fraction of sp³-hybridized carbons (Fsp3) is 0.615. The molecule has 2 heterocycles. The first-order chi connectivity index (χ1) is 10.3. The molecule has 112 valence electrons. The summed E-state index contributed by atoms with van der Waals surface area (Å²) in [5, 5.41) is 10.6. The molecule has 2 aromatic heterocycles. The van der Waals surface area contributed by atoms with Crippen LogP contribution < -0.4 is 10.6 Å². The molecule has 0 saturated heterocycles. The third-order valence-corrected chi connectivity index (χ3v) is 3.55. The van der Waals surface area contributed by atoms with Gasteiger partial charge in [0.2, 0.25) is 11.9 Å². The highest BCUT2D eigenvalue weighted by Gasteiger charge is 2.17. The molecule has 1 aliphatic rings. The lowest BCUT2D eigenvalue weighted by Crippen LogP contribution is -2.22. The van der Waals surface area contributed by atoms with E-state index < -0.39 is 0 Å². The van der Waals surface area contributed by atoms with E-state index in [4.69, 9.17) is 0 Å². The molecule has 1 aliphatic carbocycles. The van der Waals surface area contributed by atoms with Crippen LogP contribution in [-0.2, 0) is 0 Å². The largest absolute Gasteiger partial charge is 0.354 e. The lowest BCUT2D eigenvalue weighted by Gasteiger charge is -2.25. The average Bonchev–Trinajstić information content (AvgIpc) is 2.97. The molecule has 2 N–H and O–H groups in total. The number of aromatic nitrogens is 6. The lowest BCUT2D eigenvalue weighted by molar-refractivity contribution is 0.333. The van der Waals surface area contributed by atoms with Crippen molar-refractivity contribution in [2.24, 2.45) is 5.92 Å². The maximum absolute atomic E-state index is 4.41. The summed E-state index contributed by atoms with van der Waals surface area (Å²) in [4.78, 5) is 17.1. The molecule has 0 atom stereocenters. The van der Waals surface area contributed by atoms with Crippen LogP contribution in [0.15, 0.2) is 12.7 Å². The van der Waals surface area contributed by atoms with Crippen molar-refractivity contribution in [3.05, 3.63) is 12.7 Å². The molecule has 0 unspecified atom stereocenters. The van der Waals surface area contributed by atoms with E-state index in [1.54, 1.807) is 6.33 Å². The van der Waals surface area contributed by atoms with Crippen molar-refractivity contribution in [3.63, 3.8) is 0 Å². The van der Waals surface area contributed by atoms with Gasteiger partial charge in [0, 0.05) is 13.1 Å². The monoisotopic (exact) mass is 288 g/mol. The van der Waals surface area contributed by atoms with Gasteiger partial charge in [-0.2, -0.15) is 24.7 Å². The Bertz CT molecular complexity index is 564. The van der Waals surface area contributed by atoms with Gasteiger partial charge in [0.25, 0.3) is 5.95 Å². The van der Waals surface area contributed by atoms with E-state index >= 15 is 0 Å². The van der Waals surface area contributed by atoms with Crippen molar-refractivity contribution in [2.45, 2.75) is 32.6 Å². The summed E-state index contributed by atoms with van der Waals surface area (Å²) < 4.78 is 1.54. The van der Waals surface area contributed by atoms with Gasteiger partial charge in [0.05, 0.1) is 0 Å². The highest BCUT2D eigenvalue weighted by molar-refractivity contribution is 5.37. The molecule has 0 radical (unpaired) electrons. The summed E-state index contributed by atoms with van der Waals surface area (Å²) in [6.45, 7) is 3.83. The molecule has 0 amide bonds. The number of hydrogen-bond acceptors (Lipinski definition) is 7. The second-order valence-electron chi connectivity index (χ2n) is 5.23. The van der Waals surface area contributed by atoms with Gasteiger partial charge >= 0.3 is 0 Å². The predicted molar refractivity (Wildman–Crippen MR) is 79.4 cm³/mol. The van der Waals surface area contributed by atoms with Gasteiger partial charge in [-0.05, 0) is 25.2 Å². The Morgan fingerprint density at radius 1 is 1.19 bits per heavy atom. The van der Waals surface area contributed by atoms with Crippen LogP contribution in [0, 0.1) is 5.92 Å². The number of nitrogens with zero attached hydrogens (tertiary/aromatic N) is 6. The van der Waals surface area contributed by atoms with Gasteiger partial charge in [-0.25, -0.2) is 4.98 Å². The van der Waals surface area contributed by atoms with Crippen LogP contribution in [0.2, 0.25) is 0 Å². The van der Waals surface area contributed by atoms with E-state index in [9.17, 15) is 0 Å². The van der Waals surface area contributed by atoms with Crippen molar-refractivity contribution in [1.29, 1.82) is 0 Å². The molecule has 1 fully saturated rings. The van der Waals surface area contributed by atoms with Gasteiger partial charge < -0.3 is 10.6 Å². The maximum atomic E-state index is 4.41. The Labute approximate surface area is 123 Å². The first kappa shape index (κ1) is 13.7. The summed E-state index contributed by atoms with van der Waals surface area (Å²) in [6, 6.07) is 0. The molecule has 0 spiro atoms. The van der Waals surface area contributed by atoms with Gasteiger partial charge in [0.15, 0.2) is 0 Å². The molecule has 1 saturated carbocycles. The van der Waals surface area contributed by atoms with Crippen LogP contribution in [0.4, 0.5) is 11.9 Å². The van der Waals surface area contributed by atoms with Gasteiger partial charge in [-0.1, -0.05) is 13.3 Å². The lowest BCUT2D eigenvalue weighted by atomic mass is 9.85. The Balaban J connectivity index is 1.77. The third kappa shape index (κ3) is 3.45. The molecule has 8 heteroatoms. The van der Waals surface area contributed by atoms with Crippen LogP contribution in [-0.4, -0.2) is 42.8 Å². The molecule has 3 rings (SSSR count). The van der Waals surface area contributed by atoms with E-state index in [0.717, 1.165) is 25.4 Å². The van der Waals surface area contributed by atoms with E-state index in [1.165, 1.54) is 30.3 Å². The Morgan fingerprint density at radius 2 is 2.00 bits per heavy atom. The summed E-state index contributed by atoms with van der Waals surface area (Å²) in [5.74, 6) is 2.36. The Kier molecular flexibility index (Phi) is 4.23. The molecular formula is C13H20N8. The van der Waals surface area contributed by atoms with Crippen molar-refractivity contribution >= 4 is 11.9 Å². The molecule has 21 heavy (non-hydrogen) atoms. The van der Waals surface area contributed by atoms with Crippen molar-refractivity contribution in [1.82, 2.24) is 29.7 Å². The van der Waals surface area contributed by atoms with Crippen molar-refractivity contribution < 1.29 is 0 Å². The standard InChI is InChI=1S/C13H20N8/c1-2-6-15-11-18-12(16-7-10-4-3-5-10)20-13(19-11)21-9-14-8-17-21/h8-10H,2-7H2,1H3,(H2,15,16,18,19,20). The molecule has 8 nitrogen and oxygen atoms in total. The van der Waals surface area contributed by atoms with E-state index in [-0.39, 0.29) is 0 Å². The highest BCUT2D eigenvalue weighted by Crippen LogP contribution is 2.26. The van der Waals surface area contributed by atoms with Crippen LogP contribution >= 0.6 is 0 Å². The molecular weight excluding hydrogens is 268 g/mol. The smallest absolute Gasteiger partial charge is 0.258 e. The van der Waals surface area contributed by atoms with Crippen LogP contribution in [0.3, 0.4) is 0 Å². The van der Waals surface area contributed by atoms with E-state index in [2.05, 4.69) is 42.6 Å². The molecule has 0 aromatic carbocycles. The number of hydrogen-bond donors (Lipinski definition) is 2.